The Morgan fingerprint density at radius 1 is 1.10 bits per heavy atom. The number of rotatable bonds is 4. The fourth-order valence-electron chi connectivity index (χ4n) is 4.02. The fraction of sp³-hybridized carbons (Fsp3) is 0.333. The van der Waals surface area contributed by atoms with Gasteiger partial charge in [-0.15, -0.1) is 23.4 Å². The van der Waals surface area contributed by atoms with Crippen molar-refractivity contribution in [3.05, 3.63) is 64.9 Å². The molecule has 4 heterocycles. The molecule has 2 aromatic heterocycles. The summed E-state index contributed by atoms with van der Waals surface area (Å²) < 4.78 is 44.1. The molecule has 31 heavy (non-hydrogen) atoms. The van der Waals surface area contributed by atoms with Gasteiger partial charge in [-0.1, -0.05) is 13.0 Å². The van der Waals surface area contributed by atoms with Gasteiger partial charge in [0.05, 0.1) is 18.8 Å². The number of pyridine rings is 1. The third-order valence-electron chi connectivity index (χ3n) is 5.47. The van der Waals surface area contributed by atoms with E-state index in [9.17, 15) is 13.2 Å². The molecule has 1 aromatic carbocycles. The van der Waals surface area contributed by atoms with Gasteiger partial charge in [0.25, 0.3) is 0 Å². The molecule has 160 valence electrons. The molecule has 0 saturated heterocycles. The molecular weight excluding hydrogens is 409 g/mol. The molecule has 0 spiro atoms. The van der Waals surface area contributed by atoms with Gasteiger partial charge < -0.3 is 14.2 Å². The van der Waals surface area contributed by atoms with Gasteiger partial charge in [-0.2, -0.15) is 0 Å². The van der Waals surface area contributed by atoms with Crippen LogP contribution in [0.5, 0.6) is 5.75 Å². The van der Waals surface area contributed by atoms with Crippen molar-refractivity contribution in [2.45, 2.75) is 39.3 Å². The van der Waals surface area contributed by atoms with Gasteiger partial charge in [0.2, 0.25) is 0 Å². The van der Waals surface area contributed by atoms with Crippen LogP contribution in [0.3, 0.4) is 0 Å². The van der Waals surface area contributed by atoms with Crippen LogP contribution in [0.2, 0.25) is 0 Å². The van der Waals surface area contributed by atoms with E-state index < -0.39 is 6.36 Å². The van der Waals surface area contributed by atoms with Gasteiger partial charge in [-0.05, 0) is 29.8 Å². The van der Waals surface area contributed by atoms with Crippen LogP contribution in [0, 0.1) is 0 Å². The fourth-order valence-corrected chi connectivity index (χ4v) is 4.02. The number of nitrogens with zero attached hydrogens (tertiary/aromatic N) is 6. The van der Waals surface area contributed by atoms with E-state index in [0.717, 1.165) is 48.1 Å². The second-order valence-corrected chi connectivity index (χ2v) is 7.39. The summed E-state index contributed by atoms with van der Waals surface area (Å²) >= 11 is 0. The monoisotopic (exact) mass is 428 g/mol. The van der Waals surface area contributed by atoms with E-state index in [4.69, 9.17) is 0 Å². The number of hydrogen-bond acceptors (Lipinski definition) is 6. The summed E-state index contributed by atoms with van der Waals surface area (Å²) in [7, 11) is 0. The molecular formula is C21H19F3N6O. The molecule has 0 amide bonds. The van der Waals surface area contributed by atoms with Crippen LogP contribution in [0.1, 0.15) is 35.3 Å². The summed E-state index contributed by atoms with van der Waals surface area (Å²) in [6.07, 6.45) is -2.21. The van der Waals surface area contributed by atoms with E-state index in [1.165, 1.54) is 12.1 Å². The molecule has 0 fully saturated rings. The maximum Gasteiger partial charge on any atom is 0.573 e. The first-order valence-corrected chi connectivity index (χ1v) is 9.97. The Hall–Kier alpha value is -3.43. The molecule has 0 bridgehead atoms. The van der Waals surface area contributed by atoms with E-state index in [1.807, 2.05) is 12.1 Å². The lowest BCUT2D eigenvalue weighted by molar-refractivity contribution is -0.274. The first kappa shape index (κ1) is 19.5. The van der Waals surface area contributed by atoms with Crippen molar-refractivity contribution in [2.24, 2.45) is 4.99 Å². The number of aryl methyl sites for hydroxylation is 1. The van der Waals surface area contributed by atoms with Crippen LogP contribution in [0.25, 0.3) is 0 Å². The minimum atomic E-state index is -4.74. The van der Waals surface area contributed by atoms with Gasteiger partial charge in [0.1, 0.15) is 17.4 Å². The number of hydrogen-bond donors (Lipinski definition) is 0. The van der Waals surface area contributed by atoms with E-state index in [-0.39, 0.29) is 5.75 Å². The maximum absolute atomic E-state index is 12.6. The van der Waals surface area contributed by atoms with Crippen LogP contribution in [-0.4, -0.2) is 38.4 Å². The van der Waals surface area contributed by atoms with E-state index >= 15 is 0 Å². The number of aromatic nitrogens is 4. The van der Waals surface area contributed by atoms with E-state index in [2.05, 4.69) is 41.3 Å². The van der Waals surface area contributed by atoms with Gasteiger partial charge in [0.15, 0.2) is 5.82 Å². The third kappa shape index (κ3) is 3.73. The molecule has 0 unspecified atom stereocenters. The van der Waals surface area contributed by atoms with Gasteiger partial charge in [0, 0.05) is 36.8 Å². The normalized spacial score (nSPS) is 15.5. The molecule has 0 saturated carbocycles. The molecule has 3 aromatic rings. The summed E-state index contributed by atoms with van der Waals surface area (Å²) in [6, 6.07) is 8.06. The average molecular weight is 428 g/mol. The first-order valence-electron chi connectivity index (χ1n) is 9.97. The van der Waals surface area contributed by atoms with Crippen LogP contribution in [-0.2, 0) is 26.1 Å². The Labute approximate surface area is 176 Å². The van der Waals surface area contributed by atoms with Crippen molar-refractivity contribution in [2.75, 3.05) is 11.4 Å². The number of anilines is 1. The smallest absolute Gasteiger partial charge is 0.406 e. The molecule has 10 heteroatoms. The van der Waals surface area contributed by atoms with Gasteiger partial charge in [-0.25, -0.2) is 4.98 Å². The quantitative estimate of drug-likeness (QED) is 0.636. The summed E-state index contributed by atoms with van der Waals surface area (Å²) in [5, 5.41) is 8.52. The lowest BCUT2D eigenvalue weighted by Gasteiger charge is -2.29. The second-order valence-electron chi connectivity index (χ2n) is 7.39. The molecule has 7 nitrogen and oxygen atoms in total. The van der Waals surface area contributed by atoms with Crippen LogP contribution in [0.15, 0.2) is 41.5 Å². The molecule has 0 aliphatic carbocycles. The maximum atomic E-state index is 12.6. The van der Waals surface area contributed by atoms with Crippen molar-refractivity contribution in [3.63, 3.8) is 0 Å². The lowest BCUT2D eigenvalue weighted by atomic mass is 10.0. The number of aliphatic imine (C=N–C) groups is 1. The van der Waals surface area contributed by atoms with E-state index in [1.54, 1.807) is 12.3 Å². The minimum absolute atomic E-state index is 0.253. The highest BCUT2D eigenvalue weighted by Gasteiger charge is 2.32. The van der Waals surface area contributed by atoms with Crippen molar-refractivity contribution >= 4 is 11.5 Å². The van der Waals surface area contributed by atoms with Crippen molar-refractivity contribution in [1.82, 2.24) is 19.7 Å². The van der Waals surface area contributed by atoms with Crippen molar-refractivity contribution < 1.29 is 17.9 Å². The molecule has 0 N–H and O–H groups in total. The predicted molar refractivity (Wildman–Crippen MR) is 107 cm³/mol. The van der Waals surface area contributed by atoms with Crippen LogP contribution < -0.4 is 9.64 Å². The highest BCUT2D eigenvalue weighted by atomic mass is 19.4. The number of benzene rings is 1. The molecule has 0 atom stereocenters. The molecule has 2 aliphatic heterocycles. The zero-order chi connectivity index (χ0) is 21.6. The zero-order valence-electron chi connectivity index (χ0n) is 16.7. The summed E-state index contributed by atoms with van der Waals surface area (Å²) in [4.78, 5) is 11.2. The third-order valence-corrected chi connectivity index (χ3v) is 5.47. The molecule has 5 rings (SSSR count). The highest BCUT2D eigenvalue weighted by molar-refractivity contribution is 6.15. The zero-order valence-corrected chi connectivity index (χ0v) is 16.7. The Balaban J connectivity index is 1.42. The number of alkyl halides is 3. The first-order chi connectivity index (χ1) is 14.9. The van der Waals surface area contributed by atoms with Crippen molar-refractivity contribution in [3.8, 4) is 5.75 Å². The Bertz CT molecular complexity index is 1170. The summed E-state index contributed by atoms with van der Waals surface area (Å²) in [5.74, 6) is 2.39. The highest BCUT2D eigenvalue weighted by Crippen LogP contribution is 2.31. The van der Waals surface area contributed by atoms with Gasteiger partial charge in [-0.3, -0.25) is 4.99 Å². The summed E-state index contributed by atoms with van der Waals surface area (Å²) in [5.41, 5.74) is 2.94. The Morgan fingerprint density at radius 3 is 2.77 bits per heavy atom. The predicted octanol–water partition coefficient (Wildman–Crippen LogP) is 3.51. The van der Waals surface area contributed by atoms with Gasteiger partial charge >= 0.3 is 6.36 Å². The average Bonchev–Trinajstić information content (AvgIpc) is 3.35. The SMILES string of the molecule is CCc1nnc2n1CCN(c1cc(C3=NCc4ccc(OC(F)(F)F)cc43)ccn1)C2. The second kappa shape index (κ2) is 7.36. The topological polar surface area (TPSA) is 68.4 Å². The molecule has 0 radical (unpaired) electrons. The Kier molecular flexibility index (Phi) is 4.64. The molecule has 2 aliphatic rings. The number of fused-ring (bicyclic) bond motifs is 2. The lowest BCUT2D eigenvalue weighted by Crippen LogP contribution is -2.35. The summed E-state index contributed by atoms with van der Waals surface area (Å²) in [6.45, 7) is 4.61. The van der Waals surface area contributed by atoms with Crippen LogP contribution >= 0.6 is 0 Å². The van der Waals surface area contributed by atoms with Crippen LogP contribution in [0.4, 0.5) is 19.0 Å². The minimum Gasteiger partial charge on any atom is -0.406 e. The number of halogens is 3. The van der Waals surface area contributed by atoms with Crippen molar-refractivity contribution in [1.29, 1.82) is 0 Å². The standard InChI is InChI=1S/C21H19F3N6O/c1-2-17-27-28-19-12-29(7-8-30(17)19)18-9-13(5-6-25-18)20-16-10-15(31-21(22,23)24)4-3-14(16)11-26-20/h3-6,9-10H,2,7-8,11-12H2,1H3. The Morgan fingerprint density at radius 2 is 1.97 bits per heavy atom. The van der Waals surface area contributed by atoms with E-state index in [0.29, 0.717) is 24.4 Å². The number of ether oxygens (including phenoxy) is 1. The largest absolute Gasteiger partial charge is 0.573 e.